The Balaban J connectivity index is 1.91. The predicted molar refractivity (Wildman–Crippen MR) is 72.9 cm³/mol. The van der Waals surface area contributed by atoms with E-state index < -0.39 is 11.7 Å². The second-order valence-corrected chi connectivity index (χ2v) is 5.87. The van der Waals surface area contributed by atoms with Gasteiger partial charge in [0.25, 0.3) is 0 Å². The summed E-state index contributed by atoms with van der Waals surface area (Å²) in [6.45, 7) is 1.01. The number of likely N-dealkylation sites (N-methyl/N-ethyl adjacent to an activating group) is 1. The Morgan fingerprint density at radius 1 is 1.33 bits per heavy atom. The summed E-state index contributed by atoms with van der Waals surface area (Å²) in [5.74, 6) is 0.628. The summed E-state index contributed by atoms with van der Waals surface area (Å²) in [6.07, 6.45) is -2.40. The highest BCUT2D eigenvalue weighted by atomic mass is 19.4. The molecule has 0 amide bonds. The van der Waals surface area contributed by atoms with Crippen LogP contribution in [-0.4, -0.2) is 25.7 Å². The van der Waals surface area contributed by atoms with Gasteiger partial charge in [-0.1, -0.05) is 0 Å². The Labute approximate surface area is 121 Å². The number of nitriles is 1. The first kappa shape index (κ1) is 14.2. The van der Waals surface area contributed by atoms with E-state index in [-0.39, 0.29) is 11.6 Å². The van der Waals surface area contributed by atoms with Crippen LogP contribution < -0.4 is 10.2 Å². The van der Waals surface area contributed by atoms with Gasteiger partial charge in [0.05, 0.1) is 17.2 Å². The van der Waals surface area contributed by atoms with Crippen molar-refractivity contribution in [1.29, 1.82) is 5.26 Å². The molecule has 2 bridgehead atoms. The molecule has 1 aromatic carbocycles. The van der Waals surface area contributed by atoms with Gasteiger partial charge in [-0.05, 0) is 43.5 Å². The van der Waals surface area contributed by atoms with Gasteiger partial charge in [-0.15, -0.1) is 0 Å². The Morgan fingerprint density at radius 2 is 2.10 bits per heavy atom. The fourth-order valence-electron chi connectivity index (χ4n) is 3.53. The summed E-state index contributed by atoms with van der Waals surface area (Å²) in [6, 6.07) is 6.13. The van der Waals surface area contributed by atoms with E-state index in [2.05, 4.69) is 5.32 Å². The third kappa shape index (κ3) is 2.46. The zero-order chi connectivity index (χ0) is 15.2. The van der Waals surface area contributed by atoms with Gasteiger partial charge < -0.3 is 10.2 Å². The van der Waals surface area contributed by atoms with Gasteiger partial charge in [-0.25, -0.2) is 0 Å². The lowest BCUT2D eigenvalue weighted by atomic mass is 10.0. The molecule has 21 heavy (non-hydrogen) atoms. The number of fused-ring (bicyclic) bond motifs is 2. The average molecular weight is 295 g/mol. The van der Waals surface area contributed by atoms with Gasteiger partial charge >= 0.3 is 6.18 Å². The number of hydrogen-bond donors (Lipinski definition) is 1. The normalized spacial score (nSPS) is 27.7. The first-order valence-electron chi connectivity index (χ1n) is 6.97. The van der Waals surface area contributed by atoms with Crippen molar-refractivity contribution in [2.45, 2.75) is 31.1 Å². The van der Waals surface area contributed by atoms with Gasteiger partial charge in [0.15, 0.2) is 0 Å². The number of piperidine rings is 1. The van der Waals surface area contributed by atoms with Crippen LogP contribution in [0.3, 0.4) is 0 Å². The lowest BCUT2D eigenvalue weighted by Crippen LogP contribution is -2.46. The lowest BCUT2D eigenvalue weighted by Gasteiger charge is -2.34. The number of nitrogens with one attached hydrogen (secondary N) is 1. The van der Waals surface area contributed by atoms with E-state index in [1.54, 1.807) is 12.1 Å². The average Bonchev–Trinajstić information content (AvgIpc) is 3.07. The summed E-state index contributed by atoms with van der Waals surface area (Å²) in [4.78, 5) is 1.91. The molecule has 6 heteroatoms. The zero-order valence-corrected chi connectivity index (χ0v) is 11.6. The highest BCUT2D eigenvalue weighted by Crippen LogP contribution is 2.38. The molecule has 0 spiro atoms. The minimum atomic E-state index is -4.51. The van der Waals surface area contributed by atoms with Crippen molar-refractivity contribution in [1.82, 2.24) is 5.32 Å². The van der Waals surface area contributed by atoms with Crippen molar-refractivity contribution in [3.8, 4) is 6.07 Å². The van der Waals surface area contributed by atoms with Crippen molar-refractivity contribution >= 4 is 5.69 Å². The number of alkyl halides is 3. The Bertz CT molecular complexity index is 591. The minimum Gasteiger partial charge on any atom is -0.370 e. The van der Waals surface area contributed by atoms with E-state index in [1.165, 1.54) is 6.07 Å². The van der Waals surface area contributed by atoms with Crippen LogP contribution in [-0.2, 0) is 6.18 Å². The van der Waals surface area contributed by atoms with Crippen molar-refractivity contribution in [2.24, 2.45) is 5.92 Å². The molecule has 2 aliphatic rings. The van der Waals surface area contributed by atoms with E-state index >= 15 is 0 Å². The maximum Gasteiger partial charge on any atom is 0.417 e. The second kappa shape index (κ2) is 4.92. The maximum atomic E-state index is 13.0. The maximum absolute atomic E-state index is 13.0. The fraction of sp³-hybridized carbons (Fsp3) is 0.533. The number of anilines is 1. The van der Waals surface area contributed by atoms with E-state index in [0.29, 0.717) is 17.6 Å². The third-order valence-electron chi connectivity index (χ3n) is 4.63. The smallest absolute Gasteiger partial charge is 0.370 e. The zero-order valence-electron chi connectivity index (χ0n) is 11.6. The predicted octanol–water partition coefficient (Wildman–Crippen LogP) is 2.76. The van der Waals surface area contributed by atoms with Crippen molar-refractivity contribution < 1.29 is 13.2 Å². The summed E-state index contributed by atoms with van der Waals surface area (Å²) in [7, 11) is 1.83. The number of halogens is 3. The van der Waals surface area contributed by atoms with Gasteiger partial charge in [0, 0.05) is 24.8 Å². The molecule has 3 unspecified atom stereocenters. The van der Waals surface area contributed by atoms with Crippen molar-refractivity contribution in [2.75, 3.05) is 18.5 Å². The van der Waals surface area contributed by atoms with Crippen LogP contribution >= 0.6 is 0 Å². The molecule has 112 valence electrons. The summed E-state index contributed by atoms with van der Waals surface area (Å²) < 4.78 is 39.1. The van der Waals surface area contributed by atoms with Crippen LogP contribution in [0.2, 0.25) is 0 Å². The lowest BCUT2D eigenvalue weighted by molar-refractivity contribution is -0.137. The number of rotatable bonds is 2. The molecule has 1 aliphatic heterocycles. The molecule has 1 heterocycles. The largest absolute Gasteiger partial charge is 0.417 e. The molecule has 3 atom stereocenters. The molecular formula is C15H16F3N3. The van der Waals surface area contributed by atoms with Gasteiger partial charge in [0.2, 0.25) is 0 Å². The first-order chi connectivity index (χ1) is 9.90. The van der Waals surface area contributed by atoms with E-state index in [0.717, 1.165) is 25.5 Å². The van der Waals surface area contributed by atoms with Crippen LogP contribution in [0.25, 0.3) is 0 Å². The molecule has 1 N–H and O–H groups in total. The van der Waals surface area contributed by atoms with Crippen LogP contribution in [0.1, 0.15) is 24.0 Å². The molecule has 1 saturated heterocycles. The molecule has 1 saturated carbocycles. The molecule has 0 aromatic heterocycles. The Hall–Kier alpha value is -1.74. The number of benzene rings is 1. The summed E-state index contributed by atoms with van der Waals surface area (Å²) in [5, 5.41) is 12.2. The van der Waals surface area contributed by atoms with Crippen LogP contribution in [0.5, 0.6) is 0 Å². The van der Waals surface area contributed by atoms with Crippen LogP contribution in [0.4, 0.5) is 18.9 Å². The molecule has 0 radical (unpaired) electrons. The topological polar surface area (TPSA) is 39.1 Å². The number of hydrogen-bond acceptors (Lipinski definition) is 3. The Morgan fingerprint density at radius 3 is 2.62 bits per heavy atom. The summed E-state index contributed by atoms with van der Waals surface area (Å²) in [5.41, 5.74) is -0.670. The molecule has 2 fully saturated rings. The molecule has 3 nitrogen and oxygen atoms in total. The first-order valence-corrected chi connectivity index (χ1v) is 6.97. The quantitative estimate of drug-likeness (QED) is 0.912. The van der Waals surface area contributed by atoms with Crippen LogP contribution in [0.15, 0.2) is 18.2 Å². The van der Waals surface area contributed by atoms with E-state index in [1.807, 2.05) is 11.9 Å². The third-order valence-corrected chi connectivity index (χ3v) is 4.63. The number of nitrogens with zero attached hydrogens (tertiary/aromatic N) is 2. The SMILES string of the molecule is CN(c1ccc(C#N)c(C(F)(F)F)c1)C1CC2CNC1C2. The molecule has 1 aromatic rings. The Kier molecular flexibility index (Phi) is 3.33. The second-order valence-electron chi connectivity index (χ2n) is 5.87. The van der Waals surface area contributed by atoms with Gasteiger partial charge in [-0.3, -0.25) is 0 Å². The highest BCUT2D eigenvalue weighted by molar-refractivity contribution is 5.55. The van der Waals surface area contributed by atoms with Crippen molar-refractivity contribution in [3.05, 3.63) is 29.3 Å². The monoisotopic (exact) mass is 295 g/mol. The molecular weight excluding hydrogens is 279 g/mol. The van der Waals surface area contributed by atoms with E-state index in [9.17, 15) is 13.2 Å². The molecule has 1 aliphatic carbocycles. The standard InChI is InChI=1S/C15H16F3N3/c1-21(14-5-9-4-13(14)20-8-9)11-3-2-10(7-19)12(6-11)15(16,17)18/h2-3,6,9,13-14,20H,4-5,8H2,1H3. The van der Waals surface area contributed by atoms with E-state index in [4.69, 9.17) is 5.26 Å². The van der Waals surface area contributed by atoms with Gasteiger partial charge in [0.1, 0.15) is 0 Å². The highest BCUT2D eigenvalue weighted by Gasteiger charge is 2.42. The fourth-order valence-corrected chi connectivity index (χ4v) is 3.53. The summed E-state index contributed by atoms with van der Waals surface area (Å²) >= 11 is 0. The molecule has 3 rings (SSSR count). The van der Waals surface area contributed by atoms with Crippen molar-refractivity contribution in [3.63, 3.8) is 0 Å². The minimum absolute atomic E-state index is 0.220. The van der Waals surface area contributed by atoms with Crippen LogP contribution in [0, 0.1) is 17.2 Å². The van der Waals surface area contributed by atoms with Gasteiger partial charge in [-0.2, -0.15) is 18.4 Å².